The van der Waals surface area contributed by atoms with Gasteiger partial charge in [-0.25, -0.2) is 0 Å². The molecule has 0 fully saturated rings. The van der Waals surface area contributed by atoms with Crippen LogP contribution in [0.25, 0.3) is 0 Å². The van der Waals surface area contributed by atoms with E-state index in [-0.39, 0.29) is 0 Å². The van der Waals surface area contributed by atoms with Crippen LogP contribution in [0.4, 0.5) is 0 Å². The molecule has 0 aliphatic carbocycles. The highest BCUT2D eigenvalue weighted by molar-refractivity contribution is 5.30. The molecule has 0 saturated heterocycles. The molecule has 0 aliphatic rings. The molecule has 0 amide bonds. The fourth-order valence-corrected chi connectivity index (χ4v) is 2.78. The van der Waals surface area contributed by atoms with Crippen molar-refractivity contribution in [2.45, 2.75) is 32.7 Å². The van der Waals surface area contributed by atoms with Crippen LogP contribution in [0.2, 0.25) is 0 Å². The molecule has 1 heterocycles. The van der Waals surface area contributed by atoms with E-state index in [1.807, 2.05) is 30.9 Å². The van der Waals surface area contributed by atoms with Crippen LogP contribution >= 0.6 is 0 Å². The first-order valence-corrected chi connectivity index (χ1v) is 7.37. The fourth-order valence-electron chi connectivity index (χ4n) is 2.78. The van der Waals surface area contributed by atoms with Crippen LogP contribution in [0.1, 0.15) is 35.0 Å². The van der Waals surface area contributed by atoms with Crippen LogP contribution in [-0.4, -0.2) is 23.9 Å². The summed E-state index contributed by atoms with van der Waals surface area (Å²) < 4.78 is 7.18. The summed E-state index contributed by atoms with van der Waals surface area (Å²) in [5, 5.41) is 7.89. The van der Waals surface area contributed by atoms with E-state index in [2.05, 4.69) is 36.4 Å². The average Bonchev–Trinajstić information content (AvgIpc) is 2.74. The lowest BCUT2D eigenvalue weighted by Crippen LogP contribution is -2.17. The third-order valence-corrected chi connectivity index (χ3v) is 4.21. The third-order valence-electron chi connectivity index (χ3n) is 4.21. The minimum Gasteiger partial charge on any atom is -0.497 e. The van der Waals surface area contributed by atoms with Gasteiger partial charge >= 0.3 is 0 Å². The van der Waals surface area contributed by atoms with E-state index in [1.165, 1.54) is 16.8 Å². The smallest absolute Gasteiger partial charge is 0.118 e. The van der Waals surface area contributed by atoms with Gasteiger partial charge in [0.05, 0.1) is 12.8 Å². The normalized spacial score (nSPS) is 12.4. The third kappa shape index (κ3) is 3.45. The van der Waals surface area contributed by atoms with Crippen molar-refractivity contribution in [3.63, 3.8) is 0 Å². The molecule has 0 saturated carbocycles. The molecule has 0 radical (unpaired) electrons. The minimum absolute atomic E-state index is 0.343. The molecule has 1 aromatic carbocycles. The molecule has 114 valence electrons. The van der Waals surface area contributed by atoms with Gasteiger partial charge in [-0.15, -0.1) is 0 Å². The van der Waals surface area contributed by atoms with Crippen molar-refractivity contribution >= 4 is 0 Å². The number of rotatable bonds is 6. The van der Waals surface area contributed by atoms with Crippen molar-refractivity contribution in [2.24, 2.45) is 7.05 Å². The first-order valence-electron chi connectivity index (χ1n) is 7.37. The zero-order chi connectivity index (χ0) is 15.4. The molecule has 1 atom stereocenters. The maximum atomic E-state index is 5.21. The summed E-state index contributed by atoms with van der Waals surface area (Å²) in [5.74, 6) is 0.896. The lowest BCUT2D eigenvalue weighted by molar-refractivity contribution is 0.414. The first kappa shape index (κ1) is 15.6. The molecule has 0 aliphatic heterocycles. The van der Waals surface area contributed by atoms with Crippen molar-refractivity contribution in [3.8, 4) is 5.75 Å². The van der Waals surface area contributed by atoms with E-state index in [1.54, 1.807) is 7.11 Å². The van der Waals surface area contributed by atoms with E-state index < -0.39 is 0 Å². The zero-order valence-electron chi connectivity index (χ0n) is 13.6. The Hall–Kier alpha value is -1.81. The molecule has 0 spiro atoms. The standard InChI is InChI=1S/C17H25N3O/c1-12-16(13(2)20(4)19-12)10-11-17(18-3)14-6-8-15(21-5)9-7-14/h6-9,17-18H,10-11H2,1-5H3. The lowest BCUT2D eigenvalue weighted by atomic mass is 9.98. The van der Waals surface area contributed by atoms with E-state index in [9.17, 15) is 0 Å². The molecule has 1 aromatic heterocycles. The van der Waals surface area contributed by atoms with Crippen LogP contribution in [0.5, 0.6) is 5.75 Å². The molecule has 4 nitrogen and oxygen atoms in total. The predicted molar refractivity (Wildman–Crippen MR) is 85.8 cm³/mol. The van der Waals surface area contributed by atoms with Crippen LogP contribution in [0.15, 0.2) is 24.3 Å². The molecule has 1 N–H and O–H groups in total. The number of hydrogen-bond acceptors (Lipinski definition) is 3. The highest BCUT2D eigenvalue weighted by Crippen LogP contribution is 2.23. The predicted octanol–water partition coefficient (Wildman–Crippen LogP) is 2.94. The highest BCUT2D eigenvalue weighted by Gasteiger charge is 2.14. The Labute approximate surface area is 127 Å². The van der Waals surface area contributed by atoms with Gasteiger partial charge in [-0.1, -0.05) is 12.1 Å². The Morgan fingerprint density at radius 2 is 1.90 bits per heavy atom. The summed E-state index contributed by atoms with van der Waals surface area (Å²) in [5.41, 5.74) is 5.06. The molecular formula is C17H25N3O. The molecule has 1 unspecified atom stereocenters. The average molecular weight is 287 g/mol. The van der Waals surface area contributed by atoms with Crippen LogP contribution < -0.4 is 10.1 Å². The van der Waals surface area contributed by atoms with Gasteiger partial charge in [-0.05, 0) is 57.0 Å². The van der Waals surface area contributed by atoms with Gasteiger partial charge in [0.1, 0.15) is 5.75 Å². The molecule has 2 rings (SSSR count). The molecule has 4 heteroatoms. The summed E-state index contributed by atoms with van der Waals surface area (Å²) >= 11 is 0. The summed E-state index contributed by atoms with van der Waals surface area (Å²) in [6.07, 6.45) is 2.08. The number of aromatic nitrogens is 2. The van der Waals surface area contributed by atoms with Gasteiger partial charge in [-0.3, -0.25) is 4.68 Å². The van der Waals surface area contributed by atoms with E-state index in [4.69, 9.17) is 4.74 Å². The number of ether oxygens (including phenoxy) is 1. The Morgan fingerprint density at radius 3 is 2.38 bits per heavy atom. The van der Waals surface area contributed by atoms with Crippen molar-refractivity contribution in [1.29, 1.82) is 0 Å². The van der Waals surface area contributed by atoms with Crippen LogP contribution in [-0.2, 0) is 13.5 Å². The maximum Gasteiger partial charge on any atom is 0.118 e. The second-order valence-electron chi connectivity index (χ2n) is 5.43. The summed E-state index contributed by atoms with van der Waals surface area (Å²) in [6, 6.07) is 8.63. The Balaban J connectivity index is 2.08. The Kier molecular flexibility index (Phi) is 5.02. The number of hydrogen-bond donors (Lipinski definition) is 1. The quantitative estimate of drug-likeness (QED) is 0.888. The largest absolute Gasteiger partial charge is 0.497 e. The summed E-state index contributed by atoms with van der Waals surface area (Å²) in [4.78, 5) is 0. The number of aryl methyl sites for hydroxylation is 2. The van der Waals surface area contributed by atoms with Gasteiger partial charge in [0.2, 0.25) is 0 Å². The van der Waals surface area contributed by atoms with Crippen molar-refractivity contribution in [3.05, 3.63) is 46.8 Å². The number of nitrogens with one attached hydrogen (secondary N) is 1. The second-order valence-corrected chi connectivity index (χ2v) is 5.43. The minimum atomic E-state index is 0.343. The summed E-state index contributed by atoms with van der Waals surface area (Å²) in [6.45, 7) is 4.22. The van der Waals surface area contributed by atoms with Crippen molar-refractivity contribution in [1.82, 2.24) is 15.1 Å². The fraction of sp³-hybridized carbons (Fsp3) is 0.471. The Morgan fingerprint density at radius 1 is 1.24 bits per heavy atom. The summed E-state index contributed by atoms with van der Waals surface area (Å²) in [7, 11) is 5.71. The van der Waals surface area contributed by atoms with Gasteiger partial charge < -0.3 is 10.1 Å². The van der Waals surface area contributed by atoms with Crippen molar-refractivity contribution < 1.29 is 4.74 Å². The van der Waals surface area contributed by atoms with E-state index in [0.29, 0.717) is 6.04 Å². The zero-order valence-corrected chi connectivity index (χ0v) is 13.6. The monoisotopic (exact) mass is 287 g/mol. The SMILES string of the molecule is CNC(CCc1c(C)nn(C)c1C)c1ccc(OC)cc1. The van der Waals surface area contributed by atoms with Crippen LogP contribution in [0, 0.1) is 13.8 Å². The molecule has 21 heavy (non-hydrogen) atoms. The number of nitrogens with zero attached hydrogens (tertiary/aromatic N) is 2. The molecule has 2 aromatic rings. The number of benzene rings is 1. The lowest BCUT2D eigenvalue weighted by Gasteiger charge is -2.17. The molecular weight excluding hydrogens is 262 g/mol. The second kappa shape index (κ2) is 6.76. The van der Waals surface area contributed by atoms with Gasteiger partial charge in [0.15, 0.2) is 0 Å². The van der Waals surface area contributed by atoms with Crippen LogP contribution in [0.3, 0.4) is 0 Å². The maximum absolute atomic E-state index is 5.21. The first-order chi connectivity index (χ1) is 10.1. The highest BCUT2D eigenvalue weighted by atomic mass is 16.5. The van der Waals surface area contributed by atoms with Gasteiger partial charge in [0, 0.05) is 18.8 Å². The topological polar surface area (TPSA) is 39.1 Å². The number of methoxy groups -OCH3 is 1. The van der Waals surface area contributed by atoms with Gasteiger partial charge in [0.25, 0.3) is 0 Å². The van der Waals surface area contributed by atoms with E-state index >= 15 is 0 Å². The van der Waals surface area contributed by atoms with Crippen molar-refractivity contribution in [2.75, 3.05) is 14.2 Å². The van der Waals surface area contributed by atoms with Gasteiger partial charge in [-0.2, -0.15) is 5.10 Å². The molecule has 0 bridgehead atoms. The Bertz CT molecular complexity index is 587. The van der Waals surface area contributed by atoms with E-state index in [0.717, 1.165) is 24.3 Å².